The molecule has 2 aliphatic heterocycles. The summed E-state index contributed by atoms with van der Waals surface area (Å²) in [5.41, 5.74) is 6.19. The molecule has 234 valence electrons. The number of ether oxygens (including phenoxy) is 3. The fraction of sp³-hybridized carbons (Fsp3) is 0.424. The number of phenols is 1. The number of phenolic OH excluding ortho intramolecular Hbond substituents is 1. The maximum atomic E-state index is 16.7. The third-order valence-electron chi connectivity index (χ3n) is 8.81. The quantitative estimate of drug-likeness (QED) is 0.299. The Bertz CT molecular complexity index is 1800. The predicted molar refractivity (Wildman–Crippen MR) is 165 cm³/mol. The number of pyridine rings is 1. The Morgan fingerprint density at radius 1 is 1.11 bits per heavy atom. The zero-order valence-electron chi connectivity index (χ0n) is 24.8. The molecule has 2 aromatic heterocycles. The summed E-state index contributed by atoms with van der Waals surface area (Å²) in [4.78, 5) is 18.1. The lowest BCUT2D eigenvalue weighted by molar-refractivity contribution is 0.0231. The molecule has 2 aromatic carbocycles. The van der Waals surface area contributed by atoms with Crippen molar-refractivity contribution in [1.29, 1.82) is 0 Å². The van der Waals surface area contributed by atoms with E-state index in [0.717, 1.165) is 45.7 Å². The molecule has 2 saturated heterocycles. The van der Waals surface area contributed by atoms with E-state index in [4.69, 9.17) is 31.4 Å². The Balaban J connectivity index is 1.33. The van der Waals surface area contributed by atoms with E-state index in [1.807, 2.05) is 4.90 Å². The standard InChI is InChI=1S/C33H34F2N6O4/c1-2-23-26(34)4-3-20-13-22(42)14-24(27(20)23)29-28(35)30-25(15-37-29)31(41-9-12-44-17-21(36)16-41)39-32(38-30)45-19-33(5-6-33)18-40-7-10-43-11-8-40/h1,3-4,13-15,21,42H,5-12,16-19,36H2/t21-/m1/s1. The van der Waals surface area contributed by atoms with Crippen LogP contribution >= 0.6 is 0 Å². The molecule has 4 heterocycles. The number of fused-ring (bicyclic) bond motifs is 2. The summed E-state index contributed by atoms with van der Waals surface area (Å²) in [6.45, 7) is 6.19. The van der Waals surface area contributed by atoms with Crippen molar-refractivity contribution in [3.05, 3.63) is 47.7 Å². The van der Waals surface area contributed by atoms with Crippen LogP contribution in [0.1, 0.15) is 18.4 Å². The van der Waals surface area contributed by atoms with Crippen LogP contribution in [0.5, 0.6) is 11.8 Å². The molecule has 3 fully saturated rings. The van der Waals surface area contributed by atoms with Crippen LogP contribution < -0.4 is 15.4 Å². The summed E-state index contributed by atoms with van der Waals surface area (Å²) in [6.07, 6.45) is 9.19. The molecule has 12 heteroatoms. The molecule has 3 aliphatic rings. The molecule has 1 aliphatic carbocycles. The van der Waals surface area contributed by atoms with Crippen LogP contribution in [0.15, 0.2) is 30.5 Å². The number of anilines is 1. The van der Waals surface area contributed by atoms with Crippen molar-refractivity contribution < 1.29 is 28.1 Å². The van der Waals surface area contributed by atoms with E-state index in [1.165, 1.54) is 30.5 Å². The molecular formula is C33H34F2N6O4. The van der Waals surface area contributed by atoms with E-state index in [9.17, 15) is 9.50 Å². The van der Waals surface area contributed by atoms with Gasteiger partial charge in [0, 0.05) is 61.3 Å². The first-order chi connectivity index (χ1) is 21.8. The minimum Gasteiger partial charge on any atom is -0.508 e. The second kappa shape index (κ2) is 12.0. The Hall–Kier alpha value is -4.15. The smallest absolute Gasteiger partial charge is 0.319 e. The van der Waals surface area contributed by atoms with Gasteiger partial charge in [-0.3, -0.25) is 9.88 Å². The maximum absolute atomic E-state index is 16.7. The summed E-state index contributed by atoms with van der Waals surface area (Å²) in [7, 11) is 0. The maximum Gasteiger partial charge on any atom is 0.319 e. The second-order valence-electron chi connectivity index (χ2n) is 12.1. The third-order valence-corrected chi connectivity index (χ3v) is 8.81. The first-order valence-electron chi connectivity index (χ1n) is 15.1. The van der Waals surface area contributed by atoms with E-state index in [-0.39, 0.29) is 50.9 Å². The van der Waals surface area contributed by atoms with Gasteiger partial charge in [0.25, 0.3) is 0 Å². The van der Waals surface area contributed by atoms with E-state index in [1.54, 1.807) is 0 Å². The Labute approximate surface area is 259 Å². The number of nitrogens with zero attached hydrogens (tertiary/aromatic N) is 5. The molecule has 0 spiro atoms. The van der Waals surface area contributed by atoms with Gasteiger partial charge in [0.1, 0.15) is 28.6 Å². The van der Waals surface area contributed by atoms with Crippen LogP contribution in [-0.2, 0) is 9.47 Å². The van der Waals surface area contributed by atoms with Gasteiger partial charge >= 0.3 is 6.01 Å². The second-order valence-corrected chi connectivity index (χ2v) is 12.1. The number of nitrogens with two attached hydrogens (primary N) is 1. The summed E-state index contributed by atoms with van der Waals surface area (Å²) in [5, 5.41) is 11.6. The number of aromatic nitrogens is 3. The highest BCUT2D eigenvalue weighted by molar-refractivity contribution is 6.03. The minimum atomic E-state index is -0.773. The predicted octanol–water partition coefficient (Wildman–Crippen LogP) is 3.47. The Morgan fingerprint density at radius 2 is 1.91 bits per heavy atom. The number of aromatic hydroxyl groups is 1. The molecule has 0 bridgehead atoms. The van der Waals surface area contributed by atoms with Crippen LogP contribution in [0, 0.1) is 29.4 Å². The van der Waals surface area contributed by atoms with E-state index in [0.29, 0.717) is 49.5 Å². The van der Waals surface area contributed by atoms with Gasteiger partial charge < -0.3 is 30.0 Å². The Morgan fingerprint density at radius 3 is 2.69 bits per heavy atom. The number of rotatable bonds is 7. The average Bonchev–Trinajstić information content (AvgIpc) is 3.84. The van der Waals surface area contributed by atoms with Crippen molar-refractivity contribution in [2.45, 2.75) is 18.9 Å². The lowest BCUT2D eigenvalue weighted by atomic mass is 9.96. The zero-order valence-corrected chi connectivity index (χ0v) is 24.8. The number of hydrogen-bond acceptors (Lipinski definition) is 10. The van der Waals surface area contributed by atoms with Crippen LogP contribution in [0.25, 0.3) is 32.9 Å². The van der Waals surface area contributed by atoms with Crippen LogP contribution in [-0.4, -0.2) is 96.8 Å². The first kappa shape index (κ1) is 29.6. The lowest BCUT2D eigenvalue weighted by Gasteiger charge is -2.30. The van der Waals surface area contributed by atoms with Gasteiger partial charge in [0.2, 0.25) is 0 Å². The molecule has 0 unspecified atom stereocenters. The molecular weight excluding hydrogens is 582 g/mol. The fourth-order valence-electron chi connectivity index (χ4n) is 6.27. The largest absolute Gasteiger partial charge is 0.508 e. The van der Waals surface area contributed by atoms with Gasteiger partial charge in [0.15, 0.2) is 5.82 Å². The highest BCUT2D eigenvalue weighted by Gasteiger charge is 2.45. The van der Waals surface area contributed by atoms with Gasteiger partial charge in [-0.25, -0.2) is 8.78 Å². The normalized spacial score (nSPS) is 20.2. The summed E-state index contributed by atoms with van der Waals surface area (Å²) in [5.74, 6) is 1.25. The topological polar surface area (TPSA) is 119 Å². The minimum absolute atomic E-state index is 0.0211. The third kappa shape index (κ3) is 5.84. The number of hydrogen-bond donors (Lipinski definition) is 2. The highest BCUT2D eigenvalue weighted by atomic mass is 19.1. The number of terminal acetylenes is 1. The fourth-order valence-corrected chi connectivity index (χ4v) is 6.27. The van der Waals surface area contributed by atoms with Crippen molar-refractivity contribution in [2.24, 2.45) is 11.1 Å². The van der Waals surface area contributed by atoms with Crippen molar-refractivity contribution >= 4 is 27.5 Å². The lowest BCUT2D eigenvalue weighted by Crippen LogP contribution is -2.41. The number of morpholine rings is 1. The first-order valence-corrected chi connectivity index (χ1v) is 15.1. The molecule has 0 radical (unpaired) electrons. The molecule has 4 aromatic rings. The highest BCUT2D eigenvalue weighted by Crippen LogP contribution is 2.47. The number of halogens is 2. The van der Waals surface area contributed by atoms with Gasteiger partial charge in [-0.05, 0) is 36.4 Å². The monoisotopic (exact) mass is 616 g/mol. The van der Waals surface area contributed by atoms with Gasteiger partial charge in [-0.1, -0.05) is 12.0 Å². The molecule has 10 nitrogen and oxygen atoms in total. The molecule has 0 amide bonds. The van der Waals surface area contributed by atoms with Gasteiger partial charge in [-0.15, -0.1) is 6.42 Å². The molecule has 3 N–H and O–H groups in total. The average molecular weight is 617 g/mol. The summed E-state index contributed by atoms with van der Waals surface area (Å²) in [6, 6.07) is 5.23. The summed E-state index contributed by atoms with van der Waals surface area (Å²) >= 11 is 0. The molecule has 7 rings (SSSR count). The van der Waals surface area contributed by atoms with Crippen molar-refractivity contribution in [3.8, 4) is 35.4 Å². The zero-order chi connectivity index (χ0) is 31.1. The van der Waals surface area contributed by atoms with Gasteiger partial charge in [0.05, 0.1) is 44.0 Å². The number of benzene rings is 2. The van der Waals surface area contributed by atoms with Crippen molar-refractivity contribution in [2.75, 3.05) is 70.7 Å². The molecule has 45 heavy (non-hydrogen) atoms. The van der Waals surface area contributed by atoms with Crippen molar-refractivity contribution in [3.63, 3.8) is 0 Å². The van der Waals surface area contributed by atoms with E-state index >= 15 is 4.39 Å². The Kier molecular flexibility index (Phi) is 7.87. The van der Waals surface area contributed by atoms with E-state index in [2.05, 4.69) is 20.8 Å². The molecule has 1 atom stereocenters. The van der Waals surface area contributed by atoms with Crippen LogP contribution in [0.2, 0.25) is 0 Å². The van der Waals surface area contributed by atoms with E-state index < -0.39 is 11.6 Å². The van der Waals surface area contributed by atoms with Gasteiger partial charge in [-0.2, -0.15) is 9.97 Å². The van der Waals surface area contributed by atoms with Crippen LogP contribution in [0.4, 0.5) is 14.6 Å². The van der Waals surface area contributed by atoms with Crippen LogP contribution in [0.3, 0.4) is 0 Å². The summed E-state index contributed by atoms with van der Waals surface area (Å²) < 4.78 is 48.9. The molecule has 1 saturated carbocycles. The van der Waals surface area contributed by atoms with Crippen molar-refractivity contribution in [1.82, 2.24) is 19.9 Å². The SMILES string of the molecule is C#Cc1c(F)ccc2cc(O)cc(-c3ncc4c(N5CCOC[C@H](N)C5)nc(OCC5(CN6CCOCC6)CC5)nc4c3F)c12.